The fourth-order valence-electron chi connectivity index (χ4n) is 2.24. The number of hydrogen-bond donors (Lipinski definition) is 3. The molecule has 5 amide bonds. The highest BCUT2D eigenvalue weighted by Crippen LogP contribution is 2.23. The lowest BCUT2D eigenvalue weighted by Gasteiger charge is -2.23. The summed E-state index contributed by atoms with van der Waals surface area (Å²) in [5, 5.41) is 6.38. The first kappa shape index (κ1) is 16.1. The van der Waals surface area contributed by atoms with Gasteiger partial charge in [-0.05, 0) is 37.1 Å². The highest BCUT2D eigenvalue weighted by Gasteiger charge is 2.49. The summed E-state index contributed by atoms with van der Waals surface area (Å²) >= 11 is 5.75. The van der Waals surface area contributed by atoms with Crippen LogP contribution in [-0.2, 0) is 4.79 Å². The van der Waals surface area contributed by atoms with Gasteiger partial charge in [0.05, 0.1) is 0 Å². The Kier molecular flexibility index (Phi) is 4.56. The fraction of sp³-hybridized carbons (Fsp3) is 0.357. The number of hydrazine groups is 1. The van der Waals surface area contributed by atoms with Crippen LogP contribution in [0.1, 0.15) is 26.7 Å². The summed E-state index contributed by atoms with van der Waals surface area (Å²) in [5.74, 6) is -0.464. The van der Waals surface area contributed by atoms with Crippen molar-refractivity contribution in [2.24, 2.45) is 0 Å². The van der Waals surface area contributed by atoms with Crippen LogP contribution in [0.3, 0.4) is 0 Å². The van der Waals surface area contributed by atoms with E-state index in [-0.39, 0.29) is 0 Å². The first-order chi connectivity index (χ1) is 10.4. The van der Waals surface area contributed by atoms with E-state index in [1.165, 1.54) is 0 Å². The molecule has 3 N–H and O–H groups in total. The second-order valence-electron chi connectivity index (χ2n) is 4.93. The highest BCUT2D eigenvalue weighted by atomic mass is 35.5. The van der Waals surface area contributed by atoms with Crippen LogP contribution in [0.15, 0.2) is 24.3 Å². The molecule has 1 aliphatic rings. The van der Waals surface area contributed by atoms with Gasteiger partial charge in [0, 0.05) is 10.7 Å². The molecule has 1 aromatic rings. The summed E-state index contributed by atoms with van der Waals surface area (Å²) in [7, 11) is 0. The van der Waals surface area contributed by atoms with Crippen LogP contribution in [0, 0.1) is 0 Å². The monoisotopic (exact) mass is 324 g/mol. The Morgan fingerprint density at radius 2 is 1.82 bits per heavy atom. The number of anilines is 1. The third-order valence-corrected chi connectivity index (χ3v) is 3.94. The van der Waals surface area contributed by atoms with E-state index >= 15 is 0 Å². The molecule has 1 aliphatic heterocycles. The van der Waals surface area contributed by atoms with Crippen LogP contribution in [0.25, 0.3) is 0 Å². The molecule has 0 spiro atoms. The minimum Gasteiger partial charge on any atom is -0.322 e. The summed E-state index contributed by atoms with van der Waals surface area (Å²) in [4.78, 5) is 36.1. The normalized spacial score (nSPS) is 16.4. The van der Waals surface area contributed by atoms with Crippen molar-refractivity contribution in [1.29, 1.82) is 0 Å². The van der Waals surface area contributed by atoms with Crippen LogP contribution < -0.4 is 16.1 Å². The lowest BCUT2D eigenvalue weighted by molar-refractivity contribution is -0.133. The average molecular weight is 325 g/mol. The molecule has 22 heavy (non-hydrogen) atoms. The molecule has 1 saturated heterocycles. The maximum Gasteiger partial charge on any atom is 0.344 e. The number of nitrogens with zero attached hydrogens (tertiary/aromatic N) is 1. The lowest BCUT2D eigenvalue weighted by atomic mass is 9.93. The van der Waals surface area contributed by atoms with Gasteiger partial charge in [-0.25, -0.2) is 15.0 Å². The Hall–Kier alpha value is -2.28. The lowest BCUT2D eigenvalue weighted by Crippen LogP contribution is -2.50. The van der Waals surface area contributed by atoms with E-state index in [1.807, 2.05) is 0 Å². The van der Waals surface area contributed by atoms with E-state index in [2.05, 4.69) is 16.1 Å². The second kappa shape index (κ2) is 6.23. The van der Waals surface area contributed by atoms with Crippen LogP contribution >= 0.6 is 11.6 Å². The summed E-state index contributed by atoms with van der Waals surface area (Å²) in [5.41, 5.74) is 1.79. The Balaban J connectivity index is 2.04. The molecule has 0 saturated carbocycles. The number of urea groups is 2. The third-order valence-electron chi connectivity index (χ3n) is 3.68. The predicted molar refractivity (Wildman–Crippen MR) is 82.3 cm³/mol. The molecule has 118 valence electrons. The number of benzene rings is 1. The van der Waals surface area contributed by atoms with Crippen molar-refractivity contribution in [2.45, 2.75) is 32.2 Å². The zero-order chi connectivity index (χ0) is 16.3. The third kappa shape index (κ3) is 2.99. The molecular formula is C14H17ClN4O3. The van der Waals surface area contributed by atoms with Crippen LogP contribution in [0.5, 0.6) is 0 Å². The van der Waals surface area contributed by atoms with E-state index in [9.17, 15) is 14.4 Å². The number of carbonyl (C=O) groups excluding carboxylic acids is 3. The van der Waals surface area contributed by atoms with E-state index < -0.39 is 23.5 Å². The van der Waals surface area contributed by atoms with Crippen molar-refractivity contribution >= 4 is 35.3 Å². The van der Waals surface area contributed by atoms with E-state index in [0.717, 1.165) is 0 Å². The van der Waals surface area contributed by atoms with Gasteiger partial charge in [-0.1, -0.05) is 25.4 Å². The minimum absolute atomic E-state index is 0.449. The van der Waals surface area contributed by atoms with Crippen molar-refractivity contribution in [1.82, 2.24) is 15.8 Å². The SMILES string of the molecule is CCC1(CC)NC(=O)N(NC(=O)Nc2ccc(Cl)cc2)C1=O. The van der Waals surface area contributed by atoms with E-state index in [4.69, 9.17) is 11.6 Å². The molecule has 0 aliphatic carbocycles. The smallest absolute Gasteiger partial charge is 0.322 e. The Bertz CT molecular complexity index is 599. The van der Waals surface area contributed by atoms with Gasteiger partial charge in [0.25, 0.3) is 5.91 Å². The molecule has 1 aromatic carbocycles. The molecule has 0 radical (unpaired) electrons. The van der Waals surface area contributed by atoms with Gasteiger partial charge in [-0.3, -0.25) is 4.79 Å². The number of carbonyl (C=O) groups is 3. The average Bonchev–Trinajstić information content (AvgIpc) is 2.74. The maximum absolute atomic E-state index is 12.3. The quantitative estimate of drug-likeness (QED) is 0.743. The standard InChI is InChI=1S/C14H17ClN4O3/c1-3-14(4-2)11(20)19(13(22)17-14)18-12(21)16-10-7-5-9(15)6-8-10/h5-8H,3-4H2,1-2H3,(H,17,22)(H2,16,18,21). The summed E-state index contributed by atoms with van der Waals surface area (Å²) < 4.78 is 0. The summed E-state index contributed by atoms with van der Waals surface area (Å²) in [6.45, 7) is 3.61. The zero-order valence-electron chi connectivity index (χ0n) is 12.3. The van der Waals surface area contributed by atoms with Crippen LogP contribution in [0.2, 0.25) is 5.02 Å². The van der Waals surface area contributed by atoms with Gasteiger partial charge in [0.1, 0.15) is 5.54 Å². The number of nitrogens with one attached hydrogen (secondary N) is 3. The first-order valence-corrected chi connectivity index (χ1v) is 7.29. The van der Waals surface area contributed by atoms with Crippen molar-refractivity contribution < 1.29 is 14.4 Å². The molecule has 0 bridgehead atoms. The topological polar surface area (TPSA) is 90.5 Å². The molecule has 8 heteroatoms. The second-order valence-corrected chi connectivity index (χ2v) is 5.37. The number of imide groups is 1. The highest BCUT2D eigenvalue weighted by molar-refractivity contribution is 6.30. The number of amides is 5. The van der Waals surface area contributed by atoms with Gasteiger partial charge in [-0.2, -0.15) is 5.01 Å². The molecule has 2 rings (SSSR count). The number of halogens is 1. The molecule has 0 atom stereocenters. The van der Waals surface area contributed by atoms with Gasteiger partial charge in [0.2, 0.25) is 0 Å². The van der Waals surface area contributed by atoms with E-state index in [0.29, 0.717) is 28.6 Å². The minimum atomic E-state index is -0.954. The van der Waals surface area contributed by atoms with Crippen LogP contribution in [-0.4, -0.2) is 28.5 Å². The van der Waals surface area contributed by atoms with Gasteiger partial charge >= 0.3 is 12.1 Å². The van der Waals surface area contributed by atoms with Gasteiger partial charge in [0.15, 0.2) is 0 Å². The summed E-state index contributed by atoms with van der Waals surface area (Å²) in [6, 6.07) is 5.12. The predicted octanol–water partition coefficient (Wildman–Crippen LogP) is 2.49. The van der Waals surface area contributed by atoms with Gasteiger partial charge in [-0.15, -0.1) is 0 Å². The molecular weight excluding hydrogens is 308 g/mol. The first-order valence-electron chi connectivity index (χ1n) is 6.91. The van der Waals surface area contributed by atoms with Crippen molar-refractivity contribution in [3.8, 4) is 0 Å². The Morgan fingerprint density at radius 1 is 1.23 bits per heavy atom. The van der Waals surface area contributed by atoms with E-state index in [1.54, 1.807) is 38.1 Å². The zero-order valence-corrected chi connectivity index (χ0v) is 13.0. The van der Waals surface area contributed by atoms with Crippen LogP contribution in [0.4, 0.5) is 15.3 Å². The molecule has 0 aromatic heterocycles. The Labute approximate surface area is 133 Å². The summed E-state index contributed by atoms with van der Waals surface area (Å²) in [6.07, 6.45) is 0.899. The Morgan fingerprint density at radius 3 is 2.32 bits per heavy atom. The van der Waals surface area contributed by atoms with Gasteiger partial charge < -0.3 is 10.6 Å². The molecule has 0 unspecified atom stereocenters. The number of rotatable bonds is 4. The molecule has 1 heterocycles. The number of hydrogen-bond acceptors (Lipinski definition) is 3. The fourth-order valence-corrected chi connectivity index (χ4v) is 2.37. The molecule has 7 nitrogen and oxygen atoms in total. The maximum atomic E-state index is 12.3. The largest absolute Gasteiger partial charge is 0.344 e. The van der Waals surface area contributed by atoms with Crippen molar-refractivity contribution in [2.75, 3.05) is 5.32 Å². The van der Waals surface area contributed by atoms with Crippen molar-refractivity contribution in [3.05, 3.63) is 29.3 Å². The molecule has 1 fully saturated rings. The van der Waals surface area contributed by atoms with Crippen molar-refractivity contribution in [3.63, 3.8) is 0 Å².